The van der Waals surface area contributed by atoms with Gasteiger partial charge in [-0.1, -0.05) is 20.8 Å². The Bertz CT molecular complexity index is 386. The van der Waals surface area contributed by atoms with Gasteiger partial charge in [-0.25, -0.2) is 0 Å². The lowest BCUT2D eigenvalue weighted by Gasteiger charge is -2.10. The lowest BCUT2D eigenvalue weighted by atomic mass is 10.1. The van der Waals surface area contributed by atoms with E-state index in [-0.39, 0.29) is 0 Å². The molecule has 110 valence electrons. The maximum atomic E-state index is 9.99. The third kappa shape index (κ3) is 4.62. The zero-order chi connectivity index (χ0) is 14.4. The van der Waals surface area contributed by atoms with Gasteiger partial charge in [0.15, 0.2) is 0 Å². The Kier molecular flexibility index (Phi) is 6.52. The fraction of sp³-hybridized carbons (Fsp3) is 0.800. The molecule has 0 radical (unpaired) electrons. The molecule has 4 heteroatoms. The van der Waals surface area contributed by atoms with E-state index in [2.05, 4.69) is 18.9 Å². The van der Waals surface area contributed by atoms with E-state index in [0.29, 0.717) is 12.5 Å². The van der Waals surface area contributed by atoms with Crippen LogP contribution in [-0.2, 0) is 11.3 Å². The van der Waals surface area contributed by atoms with E-state index in [1.54, 1.807) is 0 Å². The smallest absolute Gasteiger partial charge is 0.0823 e. The summed E-state index contributed by atoms with van der Waals surface area (Å²) in [6.07, 6.45) is 1.41. The van der Waals surface area contributed by atoms with Crippen molar-refractivity contribution in [3.63, 3.8) is 0 Å². The molecule has 1 aromatic rings. The minimum absolute atomic E-state index is 0.407. The fourth-order valence-corrected chi connectivity index (χ4v) is 2.19. The molecule has 0 aliphatic rings. The molecule has 19 heavy (non-hydrogen) atoms. The Morgan fingerprint density at radius 1 is 1.26 bits per heavy atom. The summed E-state index contributed by atoms with van der Waals surface area (Å²) < 4.78 is 7.56. The maximum absolute atomic E-state index is 9.99. The first-order chi connectivity index (χ1) is 8.97. The zero-order valence-corrected chi connectivity index (χ0v) is 12.9. The van der Waals surface area contributed by atoms with Gasteiger partial charge in [-0.2, -0.15) is 5.10 Å². The molecule has 0 spiro atoms. The van der Waals surface area contributed by atoms with E-state index >= 15 is 0 Å². The fourth-order valence-electron chi connectivity index (χ4n) is 2.19. The summed E-state index contributed by atoms with van der Waals surface area (Å²) in [5.41, 5.74) is 2.96. The molecular formula is C15H28N2O2. The molecule has 0 amide bonds. The monoisotopic (exact) mass is 268 g/mol. The summed E-state index contributed by atoms with van der Waals surface area (Å²) in [5.74, 6) is 0.681. The third-order valence-electron chi connectivity index (χ3n) is 3.44. The molecule has 1 N–H and O–H groups in total. The van der Waals surface area contributed by atoms with Crippen LogP contribution in [0.5, 0.6) is 0 Å². The van der Waals surface area contributed by atoms with Crippen molar-refractivity contribution in [3.05, 3.63) is 17.0 Å². The molecule has 0 fully saturated rings. The zero-order valence-electron chi connectivity index (χ0n) is 12.9. The summed E-state index contributed by atoms with van der Waals surface area (Å²) in [4.78, 5) is 0. The highest BCUT2D eigenvalue weighted by Gasteiger charge is 2.17. The van der Waals surface area contributed by atoms with E-state index in [1.807, 2.05) is 25.5 Å². The van der Waals surface area contributed by atoms with Crippen LogP contribution in [0.25, 0.3) is 0 Å². The van der Waals surface area contributed by atoms with Crippen LogP contribution in [0.2, 0.25) is 0 Å². The highest BCUT2D eigenvalue weighted by atomic mass is 16.5. The molecule has 1 aromatic heterocycles. The lowest BCUT2D eigenvalue weighted by molar-refractivity contribution is 0.113. The van der Waals surface area contributed by atoms with E-state index in [9.17, 15) is 5.11 Å². The van der Waals surface area contributed by atoms with Crippen LogP contribution in [0.4, 0.5) is 0 Å². The van der Waals surface area contributed by atoms with Crippen molar-refractivity contribution in [2.75, 3.05) is 13.2 Å². The van der Waals surface area contributed by atoms with E-state index in [0.717, 1.165) is 42.9 Å². The molecule has 1 atom stereocenters. The van der Waals surface area contributed by atoms with Gasteiger partial charge in [-0.3, -0.25) is 4.68 Å². The summed E-state index contributed by atoms with van der Waals surface area (Å²) in [5, 5.41) is 14.5. The van der Waals surface area contributed by atoms with E-state index in [1.165, 1.54) is 0 Å². The van der Waals surface area contributed by atoms with E-state index in [4.69, 9.17) is 4.74 Å². The molecule has 4 nitrogen and oxygen atoms in total. The highest BCUT2D eigenvalue weighted by Crippen LogP contribution is 2.23. The van der Waals surface area contributed by atoms with Gasteiger partial charge in [0.25, 0.3) is 0 Å². The van der Waals surface area contributed by atoms with Crippen LogP contribution < -0.4 is 0 Å². The predicted molar refractivity (Wildman–Crippen MR) is 77.2 cm³/mol. The Morgan fingerprint density at radius 3 is 2.53 bits per heavy atom. The van der Waals surface area contributed by atoms with Gasteiger partial charge in [-0.05, 0) is 32.6 Å². The molecule has 0 saturated heterocycles. The van der Waals surface area contributed by atoms with Crippen LogP contribution in [0, 0.1) is 19.8 Å². The SMILES string of the molecule is CCC(O)c1c(C)nn(CCOCCC(C)C)c1C. The molecule has 0 aliphatic carbocycles. The number of nitrogens with zero attached hydrogens (tertiary/aromatic N) is 2. The molecule has 1 rings (SSSR count). The molecule has 0 aliphatic heterocycles. The largest absolute Gasteiger partial charge is 0.388 e. The van der Waals surface area contributed by atoms with Gasteiger partial charge < -0.3 is 9.84 Å². The Labute approximate surface area is 116 Å². The second-order valence-corrected chi connectivity index (χ2v) is 5.53. The summed E-state index contributed by atoms with van der Waals surface area (Å²) in [6, 6.07) is 0. The summed E-state index contributed by atoms with van der Waals surface area (Å²) >= 11 is 0. The standard InChI is InChI=1S/C15H28N2O2/c1-6-14(18)15-12(4)16-17(13(15)5)8-10-19-9-7-11(2)3/h11,14,18H,6-10H2,1-5H3. The Hall–Kier alpha value is -0.870. The average Bonchev–Trinajstić information content (AvgIpc) is 2.63. The lowest BCUT2D eigenvalue weighted by Crippen LogP contribution is -2.11. The first-order valence-electron chi connectivity index (χ1n) is 7.27. The Balaban J connectivity index is 2.51. The molecule has 0 aromatic carbocycles. The molecule has 1 heterocycles. The van der Waals surface area contributed by atoms with Gasteiger partial charge in [0.05, 0.1) is 24.9 Å². The molecule has 0 bridgehead atoms. The number of aromatic nitrogens is 2. The summed E-state index contributed by atoms with van der Waals surface area (Å²) in [7, 11) is 0. The summed E-state index contributed by atoms with van der Waals surface area (Å²) in [6.45, 7) is 12.6. The van der Waals surface area contributed by atoms with Gasteiger partial charge in [-0.15, -0.1) is 0 Å². The van der Waals surface area contributed by atoms with Crippen molar-refractivity contribution in [1.82, 2.24) is 9.78 Å². The van der Waals surface area contributed by atoms with Crippen LogP contribution >= 0.6 is 0 Å². The normalized spacial score (nSPS) is 13.2. The van der Waals surface area contributed by atoms with E-state index < -0.39 is 6.10 Å². The van der Waals surface area contributed by atoms with Crippen molar-refractivity contribution < 1.29 is 9.84 Å². The van der Waals surface area contributed by atoms with Gasteiger partial charge in [0, 0.05) is 17.9 Å². The van der Waals surface area contributed by atoms with Crippen LogP contribution in [0.1, 0.15) is 56.7 Å². The predicted octanol–water partition coefficient (Wildman–Crippen LogP) is 3.01. The number of aliphatic hydroxyl groups excluding tert-OH is 1. The van der Waals surface area contributed by atoms with Crippen LogP contribution in [-0.4, -0.2) is 28.1 Å². The number of hydrogen-bond donors (Lipinski definition) is 1. The van der Waals surface area contributed by atoms with Crippen molar-refractivity contribution in [2.45, 2.75) is 60.1 Å². The maximum Gasteiger partial charge on any atom is 0.0823 e. The second kappa shape index (κ2) is 7.65. The first kappa shape index (κ1) is 16.2. The van der Waals surface area contributed by atoms with Gasteiger partial charge in [0.2, 0.25) is 0 Å². The van der Waals surface area contributed by atoms with Crippen molar-refractivity contribution in [2.24, 2.45) is 5.92 Å². The van der Waals surface area contributed by atoms with Crippen LogP contribution in [0.3, 0.4) is 0 Å². The van der Waals surface area contributed by atoms with Crippen LogP contribution in [0.15, 0.2) is 0 Å². The number of hydrogen-bond acceptors (Lipinski definition) is 3. The number of ether oxygens (including phenoxy) is 1. The van der Waals surface area contributed by atoms with Gasteiger partial charge in [0.1, 0.15) is 0 Å². The average molecular weight is 268 g/mol. The quantitative estimate of drug-likeness (QED) is 0.737. The van der Waals surface area contributed by atoms with Crippen molar-refractivity contribution in [3.8, 4) is 0 Å². The molecular weight excluding hydrogens is 240 g/mol. The second-order valence-electron chi connectivity index (χ2n) is 5.53. The first-order valence-corrected chi connectivity index (χ1v) is 7.27. The minimum Gasteiger partial charge on any atom is -0.388 e. The number of aryl methyl sites for hydroxylation is 1. The molecule has 1 unspecified atom stereocenters. The van der Waals surface area contributed by atoms with Crippen molar-refractivity contribution >= 4 is 0 Å². The Morgan fingerprint density at radius 2 is 1.95 bits per heavy atom. The highest BCUT2D eigenvalue weighted by molar-refractivity contribution is 5.26. The van der Waals surface area contributed by atoms with Crippen molar-refractivity contribution in [1.29, 1.82) is 0 Å². The number of rotatable bonds is 8. The topological polar surface area (TPSA) is 47.3 Å². The van der Waals surface area contributed by atoms with Gasteiger partial charge >= 0.3 is 0 Å². The third-order valence-corrected chi connectivity index (χ3v) is 3.44. The minimum atomic E-state index is -0.407. The molecule has 0 saturated carbocycles. The number of aliphatic hydroxyl groups is 1.